The van der Waals surface area contributed by atoms with Crippen molar-refractivity contribution in [1.82, 2.24) is 4.90 Å². The van der Waals surface area contributed by atoms with E-state index in [4.69, 9.17) is 4.74 Å². The van der Waals surface area contributed by atoms with Gasteiger partial charge in [-0.25, -0.2) is 0 Å². The SMILES string of the molecule is CCCCC(=O)N1CCCC(C(=O)c2ccc(OC)cc2)C1. The van der Waals surface area contributed by atoms with Gasteiger partial charge in [0.1, 0.15) is 5.75 Å². The molecule has 1 fully saturated rings. The summed E-state index contributed by atoms with van der Waals surface area (Å²) in [4.78, 5) is 26.6. The topological polar surface area (TPSA) is 46.6 Å². The summed E-state index contributed by atoms with van der Waals surface area (Å²) in [6.45, 7) is 3.43. The normalized spacial score (nSPS) is 18.1. The van der Waals surface area contributed by atoms with Crippen molar-refractivity contribution in [2.75, 3.05) is 20.2 Å². The number of benzene rings is 1. The molecule has 0 aromatic heterocycles. The Morgan fingerprint density at radius 3 is 2.64 bits per heavy atom. The maximum atomic E-state index is 12.6. The van der Waals surface area contributed by atoms with Gasteiger partial charge in [-0.15, -0.1) is 0 Å². The van der Waals surface area contributed by atoms with Gasteiger partial charge in [-0.2, -0.15) is 0 Å². The minimum absolute atomic E-state index is 0.0762. The van der Waals surface area contributed by atoms with Gasteiger partial charge in [-0.1, -0.05) is 13.3 Å². The molecule has 1 amide bonds. The van der Waals surface area contributed by atoms with Crippen LogP contribution in [0.25, 0.3) is 0 Å². The zero-order valence-electron chi connectivity index (χ0n) is 13.5. The summed E-state index contributed by atoms with van der Waals surface area (Å²) in [5.41, 5.74) is 0.702. The highest BCUT2D eigenvalue weighted by molar-refractivity contribution is 5.98. The highest BCUT2D eigenvalue weighted by atomic mass is 16.5. The van der Waals surface area contributed by atoms with E-state index in [0.717, 1.165) is 38.0 Å². The third kappa shape index (κ3) is 4.09. The number of piperidine rings is 1. The molecule has 0 bridgehead atoms. The molecule has 1 aliphatic heterocycles. The molecule has 0 N–H and O–H groups in total. The molecule has 0 aliphatic carbocycles. The summed E-state index contributed by atoms with van der Waals surface area (Å²) >= 11 is 0. The number of hydrogen-bond donors (Lipinski definition) is 0. The molecule has 0 saturated carbocycles. The van der Waals surface area contributed by atoms with Crippen LogP contribution in [0.1, 0.15) is 49.4 Å². The van der Waals surface area contributed by atoms with Crippen molar-refractivity contribution in [2.45, 2.75) is 39.0 Å². The first kappa shape index (κ1) is 16.5. The van der Waals surface area contributed by atoms with Crippen molar-refractivity contribution in [2.24, 2.45) is 5.92 Å². The summed E-state index contributed by atoms with van der Waals surface area (Å²) in [5, 5.41) is 0. The Bertz CT molecular complexity index is 510. The fraction of sp³-hybridized carbons (Fsp3) is 0.556. The second-order valence-corrected chi connectivity index (χ2v) is 5.88. The van der Waals surface area contributed by atoms with Crippen molar-refractivity contribution in [1.29, 1.82) is 0 Å². The van der Waals surface area contributed by atoms with Crippen LogP contribution in [-0.2, 0) is 4.79 Å². The van der Waals surface area contributed by atoms with Crippen LogP contribution < -0.4 is 4.74 Å². The monoisotopic (exact) mass is 303 g/mol. The minimum Gasteiger partial charge on any atom is -0.497 e. The predicted molar refractivity (Wildman–Crippen MR) is 86.2 cm³/mol. The Morgan fingerprint density at radius 2 is 2.00 bits per heavy atom. The maximum Gasteiger partial charge on any atom is 0.222 e. The van der Waals surface area contributed by atoms with Crippen LogP contribution in [0.2, 0.25) is 0 Å². The zero-order valence-corrected chi connectivity index (χ0v) is 13.5. The Labute approximate surface area is 132 Å². The van der Waals surface area contributed by atoms with Gasteiger partial charge in [-0.3, -0.25) is 9.59 Å². The first-order valence-electron chi connectivity index (χ1n) is 8.11. The number of hydrogen-bond acceptors (Lipinski definition) is 3. The van der Waals surface area contributed by atoms with Crippen LogP contribution in [0, 0.1) is 5.92 Å². The Kier molecular flexibility index (Phi) is 5.99. The quantitative estimate of drug-likeness (QED) is 0.757. The molecule has 2 rings (SSSR count). The van der Waals surface area contributed by atoms with Crippen LogP contribution in [0.4, 0.5) is 0 Å². The number of unbranched alkanes of at least 4 members (excludes halogenated alkanes) is 1. The molecule has 120 valence electrons. The first-order valence-corrected chi connectivity index (χ1v) is 8.11. The number of carbonyl (C=O) groups is 2. The molecule has 1 unspecified atom stereocenters. The van der Waals surface area contributed by atoms with E-state index >= 15 is 0 Å². The summed E-state index contributed by atoms with van der Waals surface area (Å²) in [6, 6.07) is 7.22. The van der Waals surface area contributed by atoms with Crippen molar-refractivity contribution in [3.63, 3.8) is 0 Å². The minimum atomic E-state index is -0.0762. The molecule has 4 nitrogen and oxygen atoms in total. The highest BCUT2D eigenvalue weighted by Gasteiger charge is 2.28. The fourth-order valence-corrected chi connectivity index (χ4v) is 2.89. The number of carbonyl (C=O) groups excluding carboxylic acids is 2. The van der Waals surface area contributed by atoms with E-state index in [1.54, 1.807) is 31.4 Å². The summed E-state index contributed by atoms with van der Waals surface area (Å²) < 4.78 is 5.12. The van der Waals surface area contributed by atoms with Crippen LogP contribution in [-0.4, -0.2) is 36.8 Å². The summed E-state index contributed by atoms with van der Waals surface area (Å²) in [7, 11) is 1.61. The Hall–Kier alpha value is -1.84. The smallest absolute Gasteiger partial charge is 0.222 e. The number of ether oxygens (including phenoxy) is 1. The molecule has 4 heteroatoms. The number of Topliss-reactive ketones (excluding diaryl/α,β-unsaturated/α-hetero) is 1. The second kappa shape index (κ2) is 7.97. The van der Waals surface area contributed by atoms with Crippen molar-refractivity contribution < 1.29 is 14.3 Å². The van der Waals surface area contributed by atoms with Gasteiger partial charge in [0.25, 0.3) is 0 Å². The standard InChI is InChI=1S/C18H25NO3/c1-3-4-7-17(20)19-12-5-6-15(13-19)18(21)14-8-10-16(22-2)11-9-14/h8-11,15H,3-7,12-13H2,1-2H3. The average Bonchev–Trinajstić information content (AvgIpc) is 2.59. The Balaban J connectivity index is 1.98. The highest BCUT2D eigenvalue weighted by Crippen LogP contribution is 2.23. The molecule has 22 heavy (non-hydrogen) atoms. The third-order valence-corrected chi connectivity index (χ3v) is 4.26. The molecule has 0 radical (unpaired) electrons. The number of nitrogens with zero attached hydrogens (tertiary/aromatic N) is 1. The lowest BCUT2D eigenvalue weighted by molar-refractivity contribution is -0.132. The molecule has 1 aliphatic rings. The first-order chi connectivity index (χ1) is 10.7. The van der Waals surface area contributed by atoms with Crippen molar-refractivity contribution in [3.8, 4) is 5.75 Å². The van der Waals surface area contributed by atoms with Gasteiger partial charge in [0, 0.05) is 31.0 Å². The maximum absolute atomic E-state index is 12.6. The third-order valence-electron chi connectivity index (χ3n) is 4.26. The number of likely N-dealkylation sites (tertiary alicyclic amines) is 1. The van der Waals surface area contributed by atoms with Crippen LogP contribution in [0.3, 0.4) is 0 Å². The molecule has 1 atom stereocenters. The van der Waals surface area contributed by atoms with E-state index in [2.05, 4.69) is 6.92 Å². The molecule has 1 saturated heterocycles. The zero-order chi connectivity index (χ0) is 15.9. The van der Waals surface area contributed by atoms with E-state index in [0.29, 0.717) is 18.5 Å². The second-order valence-electron chi connectivity index (χ2n) is 5.88. The number of amides is 1. The van der Waals surface area contributed by atoms with Gasteiger partial charge in [0.15, 0.2) is 5.78 Å². The lowest BCUT2D eigenvalue weighted by Gasteiger charge is -2.32. The lowest BCUT2D eigenvalue weighted by Crippen LogP contribution is -2.42. The molecular formula is C18H25NO3. The van der Waals surface area contributed by atoms with Gasteiger partial charge >= 0.3 is 0 Å². The summed E-state index contributed by atoms with van der Waals surface area (Å²) in [5.74, 6) is 0.994. The molecule has 1 heterocycles. The van der Waals surface area contributed by atoms with Crippen molar-refractivity contribution in [3.05, 3.63) is 29.8 Å². The van der Waals surface area contributed by atoms with E-state index < -0.39 is 0 Å². The molecule has 1 aromatic rings. The number of ketones is 1. The number of methoxy groups -OCH3 is 1. The van der Waals surface area contributed by atoms with E-state index in [1.807, 2.05) is 4.90 Å². The number of rotatable bonds is 6. The predicted octanol–water partition coefficient (Wildman–Crippen LogP) is 3.31. The van der Waals surface area contributed by atoms with Crippen molar-refractivity contribution >= 4 is 11.7 Å². The van der Waals surface area contributed by atoms with E-state index in [9.17, 15) is 9.59 Å². The molecule has 0 spiro atoms. The van der Waals surface area contributed by atoms with Crippen LogP contribution in [0.15, 0.2) is 24.3 Å². The van der Waals surface area contributed by atoms with Gasteiger partial charge in [0.05, 0.1) is 7.11 Å². The molecular weight excluding hydrogens is 278 g/mol. The van der Waals surface area contributed by atoms with E-state index in [-0.39, 0.29) is 17.6 Å². The van der Waals surface area contributed by atoms with Crippen LogP contribution >= 0.6 is 0 Å². The average molecular weight is 303 g/mol. The lowest BCUT2D eigenvalue weighted by atomic mass is 9.90. The van der Waals surface area contributed by atoms with Gasteiger partial charge in [0.2, 0.25) is 5.91 Å². The largest absolute Gasteiger partial charge is 0.497 e. The van der Waals surface area contributed by atoms with Gasteiger partial charge in [-0.05, 0) is 43.5 Å². The Morgan fingerprint density at radius 1 is 1.27 bits per heavy atom. The van der Waals surface area contributed by atoms with Crippen LogP contribution in [0.5, 0.6) is 5.75 Å². The van der Waals surface area contributed by atoms with Gasteiger partial charge < -0.3 is 9.64 Å². The van der Waals surface area contributed by atoms with E-state index in [1.165, 1.54) is 0 Å². The molecule has 1 aromatic carbocycles. The fourth-order valence-electron chi connectivity index (χ4n) is 2.89. The summed E-state index contributed by atoms with van der Waals surface area (Å²) in [6.07, 6.45) is 4.31.